The van der Waals surface area contributed by atoms with Crippen molar-refractivity contribution >= 4 is 17.7 Å². The van der Waals surface area contributed by atoms with Gasteiger partial charge in [-0.2, -0.15) is 0 Å². The van der Waals surface area contributed by atoms with Crippen LogP contribution < -0.4 is 15.4 Å². The summed E-state index contributed by atoms with van der Waals surface area (Å²) in [4.78, 5) is 22.0. The third kappa shape index (κ3) is 5.60. The molecule has 0 bridgehead atoms. The highest BCUT2D eigenvalue weighted by atomic mass is 16.5. The highest BCUT2D eigenvalue weighted by Gasteiger charge is 2.07. The summed E-state index contributed by atoms with van der Waals surface area (Å²) in [6, 6.07) is 5.18. The number of carbonyl (C=O) groups is 2. The molecule has 110 valence electrons. The van der Waals surface area contributed by atoms with Gasteiger partial charge in [0.25, 0.3) is 0 Å². The molecule has 0 aliphatic rings. The molecule has 0 spiro atoms. The number of carboxylic acid groups (broad SMARTS) is 1. The Morgan fingerprint density at radius 3 is 2.70 bits per heavy atom. The van der Waals surface area contributed by atoms with Crippen LogP contribution in [0.25, 0.3) is 0 Å². The number of amides is 2. The second-order valence-corrected chi connectivity index (χ2v) is 4.44. The van der Waals surface area contributed by atoms with E-state index < -0.39 is 5.97 Å². The van der Waals surface area contributed by atoms with Crippen LogP contribution >= 0.6 is 0 Å². The van der Waals surface area contributed by atoms with Crippen LogP contribution in [0, 0.1) is 6.92 Å². The van der Waals surface area contributed by atoms with E-state index in [0.717, 1.165) is 5.56 Å². The molecule has 20 heavy (non-hydrogen) atoms. The zero-order valence-electron chi connectivity index (χ0n) is 11.7. The van der Waals surface area contributed by atoms with Crippen molar-refractivity contribution in [2.75, 3.05) is 19.0 Å². The van der Waals surface area contributed by atoms with Gasteiger partial charge in [-0.1, -0.05) is 6.07 Å². The first-order valence-electron chi connectivity index (χ1n) is 6.44. The lowest BCUT2D eigenvalue weighted by atomic mass is 10.2. The Bertz CT molecular complexity index is 474. The summed E-state index contributed by atoms with van der Waals surface area (Å²) >= 11 is 0. The van der Waals surface area contributed by atoms with Gasteiger partial charge in [0, 0.05) is 13.0 Å². The number of urea groups is 1. The Hall–Kier alpha value is -2.24. The maximum Gasteiger partial charge on any atom is 0.319 e. The van der Waals surface area contributed by atoms with E-state index in [0.29, 0.717) is 30.8 Å². The maximum atomic E-state index is 11.7. The SMILES string of the molecule is COc1ccc(C)cc1NC(=O)NCCCCC(=O)O. The van der Waals surface area contributed by atoms with Crippen molar-refractivity contribution in [3.63, 3.8) is 0 Å². The minimum absolute atomic E-state index is 0.120. The van der Waals surface area contributed by atoms with Crippen molar-refractivity contribution in [1.82, 2.24) is 5.32 Å². The second kappa shape index (κ2) is 8.04. The fourth-order valence-corrected chi connectivity index (χ4v) is 1.69. The predicted molar refractivity (Wildman–Crippen MR) is 76.2 cm³/mol. The molecule has 0 aliphatic carbocycles. The fourth-order valence-electron chi connectivity index (χ4n) is 1.69. The Morgan fingerprint density at radius 1 is 1.30 bits per heavy atom. The number of nitrogens with one attached hydrogen (secondary N) is 2. The number of carboxylic acids is 1. The predicted octanol–water partition coefficient (Wildman–Crippen LogP) is 2.38. The third-order valence-corrected chi connectivity index (χ3v) is 2.71. The molecule has 0 saturated carbocycles. The number of aryl methyl sites for hydroxylation is 1. The van der Waals surface area contributed by atoms with Crippen LogP contribution in [-0.2, 0) is 4.79 Å². The molecule has 6 nitrogen and oxygen atoms in total. The lowest BCUT2D eigenvalue weighted by molar-refractivity contribution is -0.137. The third-order valence-electron chi connectivity index (χ3n) is 2.71. The molecule has 2 amide bonds. The summed E-state index contributed by atoms with van der Waals surface area (Å²) in [6.45, 7) is 2.36. The number of unbranched alkanes of at least 4 members (excludes halogenated alkanes) is 1. The van der Waals surface area contributed by atoms with Crippen molar-refractivity contribution in [2.45, 2.75) is 26.2 Å². The lowest BCUT2D eigenvalue weighted by Crippen LogP contribution is -2.29. The monoisotopic (exact) mass is 280 g/mol. The summed E-state index contributed by atoms with van der Waals surface area (Å²) in [7, 11) is 1.54. The van der Waals surface area contributed by atoms with E-state index in [1.54, 1.807) is 13.2 Å². The van der Waals surface area contributed by atoms with Crippen LogP contribution in [0.5, 0.6) is 5.75 Å². The van der Waals surface area contributed by atoms with Gasteiger partial charge < -0.3 is 20.5 Å². The fraction of sp³-hybridized carbons (Fsp3) is 0.429. The van der Waals surface area contributed by atoms with E-state index in [1.807, 2.05) is 19.1 Å². The molecule has 1 aromatic rings. The quantitative estimate of drug-likeness (QED) is 0.669. The zero-order chi connectivity index (χ0) is 15.0. The average Bonchev–Trinajstić information content (AvgIpc) is 2.38. The van der Waals surface area contributed by atoms with E-state index in [1.165, 1.54) is 0 Å². The van der Waals surface area contributed by atoms with E-state index in [-0.39, 0.29) is 12.5 Å². The van der Waals surface area contributed by atoms with Crippen molar-refractivity contribution in [3.8, 4) is 5.75 Å². The maximum absolute atomic E-state index is 11.7. The standard InChI is InChI=1S/C14H20N2O4/c1-10-6-7-12(20-2)11(9-10)16-14(19)15-8-4-3-5-13(17)18/h6-7,9H,3-5,8H2,1-2H3,(H,17,18)(H2,15,16,19). The van der Waals surface area contributed by atoms with Crippen LogP contribution in [-0.4, -0.2) is 30.8 Å². The number of methoxy groups -OCH3 is 1. The summed E-state index contributed by atoms with van der Waals surface area (Å²) in [5.74, 6) is -0.226. The Balaban J connectivity index is 2.38. The molecule has 6 heteroatoms. The molecule has 1 rings (SSSR count). The highest BCUT2D eigenvalue weighted by molar-refractivity contribution is 5.91. The number of hydrogen-bond acceptors (Lipinski definition) is 3. The van der Waals surface area contributed by atoms with Gasteiger partial charge in [-0.3, -0.25) is 4.79 Å². The topological polar surface area (TPSA) is 87.7 Å². The van der Waals surface area contributed by atoms with Gasteiger partial charge in [-0.15, -0.1) is 0 Å². The first kappa shape index (κ1) is 15.8. The average molecular weight is 280 g/mol. The lowest BCUT2D eigenvalue weighted by Gasteiger charge is -2.11. The molecule has 0 aromatic heterocycles. The second-order valence-electron chi connectivity index (χ2n) is 4.44. The normalized spacial score (nSPS) is 9.90. The minimum atomic E-state index is -0.820. The Labute approximate surface area is 118 Å². The molecule has 0 unspecified atom stereocenters. The van der Waals surface area contributed by atoms with E-state index in [9.17, 15) is 9.59 Å². The Morgan fingerprint density at radius 2 is 2.05 bits per heavy atom. The van der Waals surface area contributed by atoms with Gasteiger partial charge >= 0.3 is 12.0 Å². The number of ether oxygens (including phenoxy) is 1. The number of aliphatic carboxylic acids is 1. The van der Waals surface area contributed by atoms with Crippen LogP contribution in [0.4, 0.5) is 10.5 Å². The van der Waals surface area contributed by atoms with E-state index in [2.05, 4.69) is 10.6 Å². The van der Waals surface area contributed by atoms with Gasteiger partial charge in [0.1, 0.15) is 5.75 Å². The van der Waals surface area contributed by atoms with Crippen molar-refractivity contribution < 1.29 is 19.4 Å². The summed E-state index contributed by atoms with van der Waals surface area (Å²) in [5, 5.41) is 13.9. The molecule has 3 N–H and O–H groups in total. The van der Waals surface area contributed by atoms with Crippen LogP contribution in [0.3, 0.4) is 0 Å². The van der Waals surface area contributed by atoms with Gasteiger partial charge in [-0.05, 0) is 37.5 Å². The number of carbonyl (C=O) groups excluding carboxylic acids is 1. The molecule has 0 atom stereocenters. The molecular weight excluding hydrogens is 260 g/mol. The minimum Gasteiger partial charge on any atom is -0.495 e. The molecule has 1 aromatic carbocycles. The number of hydrogen-bond donors (Lipinski definition) is 3. The van der Waals surface area contributed by atoms with E-state index >= 15 is 0 Å². The largest absolute Gasteiger partial charge is 0.495 e. The first-order chi connectivity index (χ1) is 9.52. The smallest absolute Gasteiger partial charge is 0.319 e. The molecule has 0 saturated heterocycles. The number of rotatable bonds is 7. The molecule has 0 fully saturated rings. The zero-order valence-corrected chi connectivity index (χ0v) is 11.7. The molecule has 0 heterocycles. The summed E-state index contributed by atoms with van der Waals surface area (Å²) < 4.78 is 5.16. The molecule has 0 radical (unpaired) electrons. The van der Waals surface area contributed by atoms with Gasteiger partial charge in [0.05, 0.1) is 12.8 Å². The van der Waals surface area contributed by atoms with E-state index in [4.69, 9.17) is 9.84 Å². The van der Waals surface area contributed by atoms with Crippen molar-refractivity contribution in [1.29, 1.82) is 0 Å². The van der Waals surface area contributed by atoms with Crippen molar-refractivity contribution in [3.05, 3.63) is 23.8 Å². The van der Waals surface area contributed by atoms with Gasteiger partial charge in [0.15, 0.2) is 0 Å². The van der Waals surface area contributed by atoms with Gasteiger partial charge in [0.2, 0.25) is 0 Å². The number of benzene rings is 1. The first-order valence-corrected chi connectivity index (χ1v) is 6.44. The van der Waals surface area contributed by atoms with Crippen molar-refractivity contribution in [2.24, 2.45) is 0 Å². The van der Waals surface area contributed by atoms with Gasteiger partial charge in [-0.25, -0.2) is 4.79 Å². The summed E-state index contributed by atoms with van der Waals surface area (Å²) in [6.07, 6.45) is 1.29. The highest BCUT2D eigenvalue weighted by Crippen LogP contribution is 2.24. The van der Waals surface area contributed by atoms with Crippen LogP contribution in [0.1, 0.15) is 24.8 Å². The van der Waals surface area contributed by atoms with Crippen LogP contribution in [0.15, 0.2) is 18.2 Å². The molecule has 0 aliphatic heterocycles. The Kier molecular flexibility index (Phi) is 6.36. The summed E-state index contributed by atoms with van der Waals surface area (Å²) in [5.41, 5.74) is 1.62. The number of anilines is 1. The van der Waals surface area contributed by atoms with Crippen LogP contribution in [0.2, 0.25) is 0 Å². The molecular formula is C14H20N2O4.